The number of nitrogens with one attached hydrogen (secondary N) is 2. The summed E-state index contributed by atoms with van der Waals surface area (Å²) in [7, 11) is 0. The first kappa shape index (κ1) is 22.2. The second kappa shape index (κ2) is 10.1. The number of nitrogens with zero attached hydrogens (tertiary/aromatic N) is 3. The van der Waals surface area contributed by atoms with Gasteiger partial charge in [-0.3, -0.25) is 20.2 Å². The van der Waals surface area contributed by atoms with Gasteiger partial charge in [0.05, 0.1) is 11.4 Å². The molecule has 0 atom stereocenters. The predicted octanol–water partition coefficient (Wildman–Crippen LogP) is 4.33. The van der Waals surface area contributed by atoms with Crippen molar-refractivity contribution in [2.75, 3.05) is 5.75 Å². The Balaban J connectivity index is 1.48. The van der Waals surface area contributed by atoms with Gasteiger partial charge in [0.25, 0.3) is 0 Å². The van der Waals surface area contributed by atoms with E-state index in [9.17, 15) is 9.90 Å². The molecule has 4 rings (SSSR count). The molecule has 7 nitrogen and oxygen atoms in total. The van der Waals surface area contributed by atoms with E-state index in [-0.39, 0.29) is 17.4 Å². The molecule has 0 aliphatic carbocycles. The summed E-state index contributed by atoms with van der Waals surface area (Å²) in [5.41, 5.74) is 9.25. The topological polar surface area (TPSA) is 92.1 Å². The smallest absolute Gasteiger partial charge is 0.248 e. The molecule has 0 radical (unpaired) electrons. The predicted molar refractivity (Wildman–Crippen MR) is 131 cm³/mol. The number of aryl methyl sites for hydroxylation is 1. The highest BCUT2D eigenvalue weighted by atomic mass is 32.2. The van der Waals surface area contributed by atoms with Crippen molar-refractivity contribution in [1.29, 1.82) is 0 Å². The van der Waals surface area contributed by atoms with Crippen LogP contribution >= 0.6 is 11.8 Å². The van der Waals surface area contributed by atoms with E-state index in [4.69, 9.17) is 0 Å². The van der Waals surface area contributed by atoms with Crippen LogP contribution < -0.4 is 10.9 Å². The molecule has 0 bridgehead atoms. The fraction of sp³-hybridized carbons (Fsp3) is 0.0800. The Labute approximate surface area is 196 Å². The molecule has 3 N–H and O–H groups in total. The van der Waals surface area contributed by atoms with Gasteiger partial charge in [-0.05, 0) is 31.2 Å². The van der Waals surface area contributed by atoms with Crippen molar-refractivity contribution in [2.45, 2.75) is 12.1 Å². The number of phenols is 1. The number of thioether (sulfide) groups is 1. The van der Waals surface area contributed by atoms with E-state index in [0.29, 0.717) is 22.2 Å². The Bertz CT molecular complexity index is 1270. The average molecular weight is 458 g/mol. The lowest BCUT2D eigenvalue weighted by Crippen LogP contribution is -2.37. The molecule has 4 aromatic rings. The van der Waals surface area contributed by atoms with Crippen LogP contribution in [-0.4, -0.2) is 31.5 Å². The molecule has 0 unspecified atom stereocenters. The Kier molecular flexibility index (Phi) is 6.75. The second-order valence-electron chi connectivity index (χ2n) is 7.30. The van der Waals surface area contributed by atoms with Crippen LogP contribution in [0.25, 0.3) is 22.8 Å². The Morgan fingerprint density at radius 3 is 2.39 bits per heavy atom. The molecule has 1 amide bonds. The highest BCUT2D eigenvalue weighted by Crippen LogP contribution is 2.28. The van der Waals surface area contributed by atoms with Crippen LogP contribution in [0, 0.1) is 6.92 Å². The number of hydrogen-bond acceptors (Lipinski definition) is 6. The number of aromatic hydroxyl groups is 1. The maximum Gasteiger partial charge on any atom is 0.248 e. The first-order valence-corrected chi connectivity index (χ1v) is 11.2. The zero-order chi connectivity index (χ0) is 23.2. The number of amides is 1. The van der Waals surface area contributed by atoms with Crippen LogP contribution in [0.15, 0.2) is 90.6 Å². The van der Waals surface area contributed by atoms with Crippen LogP contribution in [0.4, 0.5) is 0 Å². The molecule has 166 valence electrons. The van der Waals surface area contributed by atoms with Gasteiger partial charge in [-0.1, -0.05) is 78.5 Å². The summed E-state index contributed by atoms with van der Waals surface area (Å²) >= 11 is 1.28. The molecule has 33 heavy (non-hydrogen) atoms. The molecule has 0 saturated carbocycles. The molecule has 0 aliphatic rings. The quantitative estimate of drug-likeness (QED) is 0.269. The highest BCUT2D eigenvalue weighted by molar-refractivity contribution is 7.99. The van der Waals surface area contributed by atoms with Crippen LogP contribution in [0.1, 0.15) is 11.1 Å². The number of rotatable bonds is 8. The second-order valence-corrected chi connectivity index (χ2v) is 8.24. The van der Waals surface area contributed by atoms with E-state index >= 15 is 0 Å². The molecular weight excluding hydrogens is 434 g/mol. The molecule has 0 spiro atoms. The van der Waals surface area contributed by atoms with Gasteiger partial charge < -0.3 is 5.11 Å². The molecule has 1 aromatic heterocycles. The zero-order valence-corrected chi connectivity index (χ0v) is 18.8. The van der Waals surface area contributed by atoms with Gasteiger partial charge in [-0.2, -0.15) is 0 Å². The normalized spacial score (nSPS) is 10.6. The number of hydrazine groups is 1. The summed E-state index contributed by atoms with van der Waals surface area (Å²) in [6, 6.07) is 24.6. The molecule has 3 aromatic carbocycles. The van der Waals surface area contributed by atoms with Crippen LogP contribution in [0.2, 0.25) is 0 Å². The summed E-state index contributed by atoms with van der Waals surface area (Å²) in [4.78, 5) is 12.5. The van der Waals surface area contributed by atoms with Crippen LogP contribution in [0.3, 0.4) is 0 Å². The monoisotopic (exact) mass is 457 g/mol. The van der Waals surface area contributed by atoms with Crippen LogP contribution in [-0.2, 0) is 4.79 Å². The third kappa shape index (κ3) is 5.24. The van der Waals surface area contributed by atoms with Crippen molar-refractivity contribution in [1.82, 2.24) is 25.6 Å². The third-order valence-electron chi connectivity index (χ3n) is 4.87. The molecular formula is C25H23N5O2S. The fourth-order valence-corrected chi connectivity index (χ4v) is 3.92. The number of carbonyl (C=O) groups is 1. The number of benzene rings is 3. The minimum atomic E-state index is -0.267. The van der Waals surface area contributed by atoms with Gasteiger partial charge >= 0.3 is 0 Å². The van der Waals surface area contributed by atoms with Crippen molar-refractivity contribution < 1.29 is 9.90 Å². The first-order valence-electron chi connectivity index (χ1n) is 10.3. The zero-order valence-electron chi connectivity index (χ0n) is 18.0. The fourth-order valence-electron chi connectivity index (χ4n) is 3.17. The van der Waals surface area contributed by atoms with E-state index in [0.717, 1.165) is 16.8 Å². The van der Waals surface area contributed by atoms with E-state index in [1.54, 1.807) is 24.3 Å². The van der Waals surface area contributed by atoms with E-state index in [1.807, 2.05) is 66.1 Å². The molecule has 8 heteroatoms. The van der Waals surface area contributed by atoms with Gasteiger partial charge in [0.1, 0.15) is 5.75 Å². The summed E-state index contributed by atoms with van der Waals surface area (Å²) in [6.07, 6.45) is 0. The maximum absolute atomic E-state index is 12.5. The highest BCUT2D eigenvalue weighted by Gasteiger charge is 2.17. The number of phenolic OH excluding ortho intramolecular Hbond substituents is 1. The standard InChI is InChI=1S/C25H23N5O2S/c1-17-12-14-20(15-13-17)30-24(19-8-4-3-5-9-19)28-29-25(30)33-16-23(32)27-26-18(2)21-10-6-7-11-22(21)31/h3-15,26,31H,2,16H2,1H3,(H,27,32). The SMILES string of the molecule is C=C(NNC(=O)CSc1nnc(-c2ccccc2)n1-c1ccc(C)cc1)c1ccccc1O. The minimum absolute atomic E-state index is 0.0817. The third-order valence-corrected chi connectivity index (χ3v) is 5.80. The largest absolute Gasteiger partial charge is 0.507 e. The van der Waals surface area contributed by atoms with Gasteiger partial charge in [0, 0.05) is 16.8 Å². The van der Waals surface area contributed by atoms with Crippen molar-refractivity contribution in [2.24, 2.45) is 0 Å². The average Bonchev–Trinajstić information content (AvgIpc) is 3.26. The Hall–Kier alpha value is -4.04. The van der Waals surface area contributed by atoms with Gasteiger partial charge in [0.15, 0.2) is 11.0 Å². The summed E-state index contributed by atoms with van der Waals surface area (Å²) in [5.74, 6) is 0.628. The number of para-hydroxylation sites is 1. The summed E-state index contributed by atoms with van der Waals surface area (Å²) < 4.78 is 1.95. The lowest BCUT2D eigenvalue weighted by molar-refractivity contribution is -0.119. The lowest BCUT2D eigenvalue weighted by atomic mass is 10.1. The van der Waals surface area contributed by atoms with Gasteiger partial charge in [-0.25, -0.2) is 0 Å². The number of hydrogen-bond donors (Lipinski definition) is 3. The van der Waals surface area contributed by atoms with E-state index in [2.05, 4.69) is 27.6 Å². The number of carbonyl (C=O) groups excluding carboxylic acids is 1. The number of aromatic nitrogens is 3. The van der Waals surface area contributed by atoms with E-state index in [1.165, 1.54) is 11.8 Å². The van der Waals surface area contributed by atoms with E-state index < -0.39 is 0 Å². The minimum Gasteiger partial charge on any atom is -0.507 e. The lowest BCUT2D eigenvalue weighted by Gasteiger charge is -2.13. The summed E-state index contributed by atoms with van der Waals surface area (Å²) in [6.45, 7) is 5.89. The Morgan fingerprint density at radius 2 is 1.67 bits per heavy atom. The van der Waals surface area contributed by atoms with Crippen molar-refractivity contribution >= 4 is 23.4 Å². The maximum atomic E-state index is 12.5. The van der Waals surface area contributed by atoms with Gasteiger partial charge in [0.2, 0.25) is 5.91 Å². The molecule has 1 heterocycles. The Morgan fingerprint density at radius 1 is 0.970 bits per heavy atom. The molecule has 0 saturated heterocycles. The van der Waals surface area contributed by atoms with Crippen molar-refractivity contribution in [3.05, 3.63) is 96.6 Å². The molecule has 0 aliphatic heterocycles. The molecule has 0 fully saturated rings. The van der Waals surface area contributed by atoms with Gasteiger partial charge in [-0.15, -0.1) is 10.2 Å². The van der Waals surface area contributed by atoms with Crippen LogP contribution in [0.5, 0.6) is 5.75 Å². The van der Waals surface area contributed by atoms with Crippen molar-refractivity contribution in [3.63, 3.8) is 0 Å². The summed E-state index contributed by atoms with van der Waals surface area (Å²) in [5, 5.41) is 19.3. The van der Waals surface area contributed by atoms with Crippen molar-refractivity contribution in [3.8, 4) is 22.8 Å². The first-order chi connectivity index (χ1) is 16.0.